The number of ether oxygens (including phenoxy) is 1. The van der Waals surface area contributed by atoms with Crippen molar-refractivity contribution in [3.63, 3.8) is 0 Å². The van der Waals surface area contributed by atoms with E-state index in [-0.39, 0.29) is 6.03 Å². The van der Waals surface area contributed by atoms with Crippen LogP contribution in [0.3, 0.4) is 0 Å². The van der Waals surface area contributed by atoms with Crippen molar-refractivity contribution in [2.24, 2.45) is 0 Å². The Balaban J connectivity index is 2.61. The molecular formula is C13H20N2O2. The van der Waals surface area contributed by atoms with Crippen molar-refractivity contribution in [3.05, 3.63) is 29.8 Å². The van der Waals surface area contributed by atoms with E-state index in [4.69, 9.17) is 4.74 Å². The molecule has 0 aliphatic rings. The van der Waals surface area contributed by atoms with Gasteiger partial charge in [0.15, 0.2) is 0 Å². The average molecular weight is 236 g/mol. The summed E-state index contributed by atoms with van der Waals surface area (Å²) in [6, 6.07) is 7.72. The first-order valence-corrected chi connectivity index (χ1v) is 5.78. The van der Waals surface area contributed by atoms with Crippen molar-refractivity contribution in [1.82, 2.24) is 4.90 Å². The zero-order chi connectivity index (χ0) is 12.7. The van der Waals surface area contributed by atoms with Crippen molar-refractivity contribution in [2.45, 2.75) is 13.3 Å². The van der Waals surface area contributed by atoms with Crippen LogP contribution < -0.4 is 5.32 Å². The molecule has 0 aliphatic carbocycles. The van der Waals surface area contributed by atoms with Crippen LogP contribution in [0.5, 0.6) is 0 Å². The minimum Gasteiger partial charge on any atom is -0.383 e. The van der Waals surface area contributed by atoms with E-state index in [1.807, 2.05) is 24.3 Å². The average Bonchev–Trinajstić information content (AvgIpc) is 2.36. The number of hydrogen-bond donors (Lipinski definition) is 1. The van der Waals surface area contributed by atoms with E-state index in [0.717, 1.165) is 17.7 Å². The van der Waals surface area contributed by atoms with Crippen LogP contribution in [0.15, 0.2) is 24.3 Å². The van der Waals surface area contributed by atoms with Gasteiger partial charge in [0, 0.05) is 26.4 Å². The van der Waals surface area contributed by atoms with Gasteiger partial charge in [-0.1, -0.05) is 25.1 Å². The lowest BCUT2D eigenvalue weighted by Crippen LogP contribution is -2.34. The predicted octanol–water partition coefficient (Wildman–Crippen LogP) is 2.36. The Morgan fingerprint density at radius 3 is 2.76 bits per heavy atom. The number of hydrogen-bond acceptors (Lipinski definition) is 2. The third-order valence-corrected chi connectivity index (χ3v) is 2.62. The molecule has 4 nitrogen and oxygen atoms in total. The quantitative estimate of drug-likeness (QED) is 0.852. The molecule has 2 amide bonds. The number of likely N-dealkylation sites (N-methyl/N-ethyl adjacent to an activating group) is 1. The van der Waals surface area contributed by atoms with Gasteiger partial charge in [0.1, 0.15) is 0 Å². The van der Waals surface area contributed by atoms with E-state index in [1.165, 1.54) is 0 Å². The number of carbonyl (C=O) groups excluding carboxylic acids is 1. The fraction of sp³-hybridized carbons (Fsp3) is 0.462. The molecule has 0 aromatic heterocycles. The van der Waals surface area contributed by atoms with Crippen LogP contribution in [0.1, 0.15) is 12.5 Å². The molecule has 0 fully saturated rings. The van der Waals surface area contributed by atoms with E-state index in [0.29, 0.717) is 13.2 Å². The van der Waals surface area contributed by atoms with E-state index < -0.39 is 0 Å². The lowest BCUT2D eigenvalue weighted by molar-refractivity contribution is 0.165. The van der Waals surface area contributed by atoms with Crippen LogP contribution in [0.2, 0.25) is 0 Å². The molecule has 4 heteroatoms. The smallest absolute Gasteiger partial charge is 0.321 e. The van der Waals surface area contributed by atoms with Crippen molar-refractivity contribution in [3.8, 4) is 0 Å². The summed E-state index contributed by atoms with van der Waals surface area (Å²) in [5.74, 6) is 0. The maximum atomic E-state index is 11.8. The van der Waals surface area contributed by atoms with Gasteiger partial charge in [-0.15, -0.1) is 0 Å². The Morgan fingerprint density at radius 2 is 2.12 bits per heavy atom. The minimum atomic E-state index is -0.108. The number of anilines is 1. The van der Waals surface area contributed by atoms with Crippen LogP contribution in [0, 0.1) is 0 Å². The fourth-order valence-electron chi connectivity index (χ4n) is 1.49. The number of methoxy groups -OCH3 is 1. The van der Waals surface area contributed by atoms with Gasteiger partial charge in [0.05, 0.1) is 6.61 Å². The number of benzene rings is 1. The molecule has 0 unspecified atom stereocenters. The molecular weight excluding hydrogens is 216 g/mol. The molecule has 0 heterocycles. The molecule has 0 atom stereocenters. The summed E-state index contributed by atoms with van der Waals surface area (Å²) in [6.45, 7) is 3.19. The van der Waals surface area contributed by atoms with E-state index >= 15 is 0 Å². The van der Waals surface area contributed by atoms with Crippen molar-refractivity contribution in [1.29, 1.82) is 0 Å². The van der Waals surface area contributed by atoms with Crippen LogP contribution in [0.25, 0.3) is 0 Å². The minimum absolute atomic E-state index is 0.108. The van der Waals surface area contributed by atoms with Gasteiger partial charge in [0.2, 0.25) is 0 Å². The van der Waals surface area contributed by atoms with Gasteiger partial charge in [-0.3, -0.25) is 0 Å². The summed E-state index contributed by atoms with van der Waals surface area (Å²) in [6.07, 6.45) is 0.901. The highest BCUT2D eigenvalue weighted by molar-refractivity contribution is 5.89. The predicted molar refractivity (Wildman–Crippen MR) is 69.3 cm³/mol. The van der Waals surface area contributed by atoms with Gasteiger partial charge >= 0.3 is 6.03 Å². The Labute approximate surface area is 103 Å². The van der Waals surface area contributed by atoms with Crippen molar-refractivity contribution < 1.29 is 9.53 Å². The molecule has 1 aromatic carbocycles. The topological polar surface area (TPSA) is 41.6 Å². The first-order valence-electron chi connectivity index (χ1n) is 5.78. The third kappa shape index (κ3) is 4.07. The Kier molecular flexibility index (Phi) is 5.49. The number of carbonyl (C=O) groups is 1. The van der Waals surface area contributed by atoms with Crippen LogP contribution >= 0.6 is 0 Å². The molecule has 0 saturated heterocycles. The third-order valence-electron chi connectivity index (χ3n) is 2.62. The second kappa shape index (κ2) is 6.91. The lowest BCUT2D eigenvalue weighted by atomic mass is 10.1. The number of para-hydroxylation sites is 1. The molecule has 0 saturated carbocycles. The molecule has 0 radical (unpaired) electrons. The van der Waals surface area contributed by atoms with Gasteiger partial charge < -0.3 is 15.0 Å². The molecule has 17 heavy (non-hydrogen) atoms. The summed E-state index contributed by atoms with van der Waals surface area (Å²) >= 11 is 0. The zero-order valence-electron chi connectivity index (χ0n) is 10.7. The van der Waals surface area contributed by atoms with Gasteiger partial charge in [-0.25, -0.2) is 4.79 Å². The van der Waals surface area contributed by atoms with Crippen LogP contribution in [-0.2, 0) is 11.2 Å². The van der Waals surface area contributed by atoms with E-state index in [2.05, 4.69) is 12.2 Å². The first-order chi connectivity index (χ1) is 8.19. The molecule has 0 aliphatic heterocycles. The standard InChI is InChI=1S/C13H20N2O2/c1-4-11-7-5-6-8-12(11)14-13(16)15(2)9-10-17-3/h5-8H,4,9-10H2,1-3H3,(H,14,16). The Bertz CT molecular complexity index is 366. The second-order valence-electron chi connectivity index (χ2n) is 3.86. The second-order valence-corrected chi connectivity index (χ2v) is 3.86. The van der Waals surface area contributed by atoms with Crippen LogP contribution in [0.4, 0.5) is 10.5 Å². The number of amides is 2. The molecule has 1 aromatic rings. The summed E-state index contributed by atoms with van der Waals surface area (Å²) < 4.78 is 4.94. The van der Waals surface area contributed by atoms with Gasteiger partial charge in [-0.2, -0.15) is 0 Å². The van der Waals surface area contributed by atoms with Crippen LogP contribution in [-0.4, -0.2) is 38.2 Å². The maximum Gasteiger partial charge on any atom is 0.321 e. The molecule has 0 spiro atoms. The van der Waals surface area contributed by atoms with E-state index in [9.17, 15) is 4.79 Å². The zero-order valence-corrected chi connectivity index (χ0v) is 10.7. The van der Waals surface area contributed by atoms with Gasteiger partial charge in [0.25, 0.3) is 0 Å². The molecule has 1 N–H and O–H groups in total. The van der Waals surface area contributed by atoms with Gasteiger partial charge in [-0.05, 0) is 18.1 Å². The molecule has 94 valence electrons. The van der Waals surface area contributed by atoms with E-state index in [1.54, 1.807) is 19.1 Å². The Morgan fingerprint density at radius 1 is 1.41 bits per heavy atom. The lowest BCUT2D eigenvalue weighted by Gasteiger charge is -2.18. The van der Waals surface area contributed by atoms with Crippen molar-refractivity contribution in [2.75, 3.05) is 32.6 Å². The fourth-order valence-corrected chi connectivity index (χ4v) is 1.49. The maximum absolute atomic E-state index is 11.8. The monoisotopic (exact) mass is 236 g/mol. The summed E-state index contributed by atoms with van der Waals surface area (Å²) in [5.41, 5.74) is 2.02. The van der Waals surface area contributed by atoms with Crippen molar-refractivity contribution >= 4 is 11.7 Å². The normalized spacial score (nSPS) is 10.1. The number of urea groups is 1. The largest absolute Gasteiger partial charge is 0.383 e. The highest BCUT2D eigenvalue weighted by Gasteiger charge is 2.09. The Hall–Kier alpha value is -1.55. The number of nitrogens with one attached hydrogen (secondary N) is 1. The first kappa shape index (κ1) is 13.5. The number of aryl methyl sites for hydroxylation is 1. The molecule has 0 bridgehead atoms. The number of nitrogens with zero attached hydrogens (tertiary/aromatic N) is 1. The highest BCUT2D eigenvalue weighted by Crippen LogP contribution is 2.15. The summed E-state index contributed by atoms with van der Waals surface area (Å²) in [5, 5.41) is 2.90. The highest BCUT2D eigenvalue weighted by atomic mass is 16.5. The number of rotatable bonds is 5. The summed E-state index contributed by atoms with van der Waals surface area (Å²) in [7, 11) is 3.38. The summed E-state index contributed by atoms with van der Waals surface area (Å²) in [4.78, 5) is 13.5. The SMILES string of the molecule is CCc1ccccc1NC(=O)N(C)CCOC. The molecule has 1 rings (SSSR count).